The highest BCUT2D eigenvalue weighted by atomic mass is 31.1. The first-order valence-corrected chi connectivity index (χ1v) is 9.67. The molecule has 2 aliphatic rings. The Hall–Kier alpha value is -1.78. The highest BCUT2D eigenvalue weighted by Gasteiger charge is 2.54. The van der Waals surface area contributed by atoms with E-state index in [9.17, 15) is 4.57 Å². The molecule has 2 atom stereocenters. The summed E-state index contributed by atoms with van der Waals surface area (Å²) in [5, 5.41) is 13.2. The largest absolute Gasteiger partial charge is 0.704 e. The van der Waals surface area contributed by atoms with Crippen LogP contribution in [-0.4, -0.2) is 43.6 Å². The first-order chi connectivity index (χ1) is 12.7. The van der Waals surface area contributed by atoms with E-state index in [2.05, 4.69) is 30.4 Å². The second-order valence-electron chi connectivity index (χ2n) is 6.19. The van der Waals surface area contributed by atoms with Gasteiger partial charge in [0, 0.05) is 17.4 Å². The van der Waals surface area contributed by atoms with Gasteiger partial charge < -0.3 is 9.47 Å². The topological polar surface area (TPSA) is 137 Å². The molecule has 0 radical (unpaired) electrons. The summed E-state index contributed by atoms with van der Waals surface area (Å²) in [6.07, 6.45) is 7.15. The molecule has 4 rings (SSSR count). The van der Waals surface area contributed by atoms with Crippen molar-refractivity contribution < 1.29 is 23.1 Å². The van der Waals surface area contributed by atoms with Crippen LogP contribution in [0.15, 0.2) is 12.7 Å². The standard InChI is InChI=1S/C14H20N6O5P/c21-26(24-13(5-1-3-7-22-13)11-15-9-17-19-11)25-14(6-2-4-8-23-14)12-16-10-18-20-12/h9-10H,1-8H2,(H,15,17,19)(H,16,18,20)/q+1. The third-order valence-electron chi connectivity index (χ3n) is 4.47. The Morgan fingerprint density at radius 1 is 0.885 bits per heavy atom. The maximum absolute atomic E-state index is 12.8. The van der Waals surface area contributed by atoms with Crippen molar-refractivity contribution in [1.82, 2.24) is 30.4 Å². The highest BCUT2D eigenvalue weighted by molar-refractivity contribution is 7.33. The summed E-state index contributed by atoms with van der Waals surface area (Å²) in [5.41, 5.74) is 0. The monoisotopic (exact) mass is 383 g/mol. The van der Waals surface area contributed by atoms with E-state index in [-0.39, 0.29) is 0 Å². The number of nitrogens with one attached hydrogen (secondary N) is 2. The van der Waals surface area contributed by atoms with Crippen molar-refractivity contribution in [2.75, 3.05) is 13.2 Å². The molecule has 0 aromatic carbocycles. The van der Waals surface area contributed by atoms with E-state index < -0.39 is 19.8 Å². The normalized spacial score (nSPS) is 30.2. The minimum Gasteiger partial charge on any atom is -0.340 e. The molecule has 0 saturated carbocycles. The lowest BCUT2D eigenvalue weighted by Crippen LogP contribution is -2.38. The summed E-state index contributed by atoms with van der Waals surface area (Å²) in [4.78, 5) is 8.24. The number of hydrogen-bond acceptors (Lipinski definition) is 9. The van der Waals surface area contributed by atoms with Gasteiger partial charge in [-0.05, 0) is 25.7 Å². The third kappa shape index (κ3) is 3.40. The third-order valence-corrected chi connectivity index (χ3v) is 5.35. The number of H-pyrrole nitrogens is 2. The lowest BCUT2D eigenvalue weighted by molar-refractivity contribution is -0.248. The first kappa shape index (κ1) is 17.6. The molecule has 0 spiro atoms. The zero-order valence-corrected chi connectivity index (χ0v) is 15.0. The van der Waals surface area contributed by atoms with Crippen LogP contribution < -0.4 is 0 Å². The molecule has 2 fully saturated rings. The number of ether oxygens (including phenoxy) is 2. The van der Waals surface area contributed by atoms with Crippen LogP contribution in [0, 0.1) is 0 Å². The molecule has 0 aliphatic carbocycles. The Labute approximate surface area is 150 Å². The smallest absolute Gasteiger partial charge is 0.340 e. The van der Waals surface area contributed by atoms with Crippen molar-refractivity contribution in [3.8, 4) is 0 Å². The van der Waals surface area contributed by atoms with E-state index >= 15 is 0 Å². The number of rotatable bonds is 6. The second-order valence-corrected chi connectivity index (χ2v) is 7.00. The van der Waals surface area contributed by atoms with E-state index in [1.165, 1.54) is 12.7 Å². The minimum atomic E-state index is -2.61. The molecule has 140 valence electrons. The summed E-state index contributed by atoms with van der Waals surface area (Å²) in [7, 11) is -2.61. The van der Waals surface area contributed by atoms with Gasteiger partial charge >= 0.3 is 8.25 Å². The van der Waals surface area contributed by atoms with Crippen LogP contribution in [0.25, 0.3) is 0 Å². The van der Waals surface area contributed by atoms with Gasteiger partial charge in [0.25, 0.3) is 11.6 Å². The van der Waals surface area contributed by atoms with E-state index in [0.717, 1.165) is 25.7 Å². The molecule has 12 heteroatoms. The lowest BCUT2D eigenvalue weighted by Gasteiger charge is -2.31. The first-order valence-electron chi connectivity index (χ1n) is 8.58. The molecule has 2 aliphatic heterocycles. The van der Waals surface area contributed by atoms with Crippen LogP contribution in [0.4, 0.5) is 0 Å². The van der Waals surface area contributed by atoms with E-state index in [1.807, 2.05) is 0 Å². The van der Waals surface area contributed by atoms with Crippen molar-refractivity contribution in [1.29, 1.82) is 0 Å². The molecule has 2 N–H and O–H groups in total. The van der Waals surface area contributed by atoms with Crippen molar-refractivity contribution in [3.63, 3.8) is 0 Å². The van der Waals surface area contributed by atoms with Crippen LogP contribution in [0.2, 0.25) is 0 Å². The van der Waals surface area contributed by atoms with Crippen molar-refractivity contribution in [2.24, 2.45) is 0 Å². The summed E-state index contributed by atoms with van der Waals surface area (Å²) in [5.74, 6) is -1.83. The molecule has 2 aromatic heterocycles. The zero-order valence-electron chi connectivity index (χ0n) is 14.1. The molecule has 2 unspecified atom stereocenters. The van der Waals surface area contributed by atoms with Crippen molar-refractivity contribution in [2.45, 2.75) is 50.1 Å². The van der Waals surface area contributed by atoms with Gasteiger partial charge in [0.1, 0.15) is 12.7 Å². The Balaban J connectivity index is 1.54. The molecule has 2 aromatic rings. The number of hydrogen-bond donors (Lipinski definition) is 2. The maximum atomic E-state index is 12.8. The fourth-order valence-electron chi connectivity index (χ4n) is 3.18. The predicted octanol–water partition coefficient (Wildman–Crippen LogP) is 2.02. The highest BCUT2D eigenvalue weighted by Crippen LogP contribution is 2.48. The molecule has 4 heterocycles. The van der Waals surface area contributed by atoms with Crippen LogP contribution in [0.3, 0.4) is 0 Å². The quantitative estimate of drug-likeness (QED) is 0.718. The van der Waals surface area contributed by atoms with Gasteiger partial charge in [0.05, 0.1) is 13.2 Å². The van der Waals surface area contributed by atoms with Crippen LogP contribution >= 0.6 is 8.25 Å². The predicted molar refractivity (Wildman–Crippen MR) is 85.5 cm³/mol. The average Bonchev–Trinajstić information content (AvgIpc) is 3.37. The Morgan fingerprint density at radius 3 is 1.73 bits per heavy atom. The molecule has 2 saturated heterocycles. The van der Waals surface area contributed by atoms with E-state index in [1.54, 1.807) is 0 Å². The summed E-state index contributed by atoms with van der Waals surface area (Å²) in [6, 6.07) is 0. The molecule has 0 amide bonds. The Morgan fingerprint density at radius 2 is 1.38 bits per heavy atom. The molecular weight excluding hydrogens is 363 g/mol. The molecular formula is C14H20N6O5P+. The van der Waals surface area contributed by atoms with Gasteiger partial charge in [0.15, 0.2) is 11.6 Å². The van der Waals surface area contributed by atoms with Gasteiger partial charge in [-0.15, -0.1) is 0 Å². The van der Waals surface area contributed by atoms with Crippen LogP contribution in [0.1, 0.15) is 50.2 Å². The average molecular weight is 383 g/mol. The van der Waals surface area contributed by atoms with E-state index in [4.69, 9.17) is 18.5 Å². The Kier molecular flexibility index (Phi) is 5.05. The van der Waals surface area contributed by atoms with Gasteiger partial charge in [-0.25, -0.2) is 9.97 Å². The Bertz CT molecular complexity index is 652. The summed E-state index contributed by atoms with van der Waals surface area (Å²) >= 11 is 0. The number of nitrogens with zero attached hydrogens (tertiary/aromatic N) is 4. The van der Waals surface area contributed by atoms with Crippen molar-refractivity contribution in [3.05, 3.63) is 24.3 Å². The molecule has 0 bridgehead atoms. The van der Waals surface area contributed by atoms with Gasteiger partial charge in [-0.3, -0.25) is 10.2 Å². The fourth-order valence-corrected chi connectivity index (χ4v) is 4.16. The van der Waals surface area contributed by atoms with Gasteiger partial charge in [-0.1, -0.05) is 9.05 Å². The second kappa shape index (κ2) is 7.45. The maximum Gasteiger partial charge on any atom is 0.704 e. The SMILES string of the molecule is O=[P+](OC1(c2ncn[nH]2)CCCCO1)OC1(c2ncn[nH]2)CCCCO1. The number of aromatic amines is 2. The summed E-state index contributed by atoms with van der Waals surface area (Å²) < 4.78 is 35.9. The van der Waals surface area contributed by atoms with Crippen molar-refractivity contribution >= 4 is 8.25 Å². The van der Waals surface area contributed by atoms with Crippen LogP contribution in [-0.2, 0) is 34.7 Å². The van der Waals surface area contributed by atoms with Crippen LogP contribution in [0.5, 0.6) is 0 Å². The zero-order chi connectivity index (χ0) is 17.9. The molecule has 11 nitrogen and oxygen atoms in total. The fraction of sp³-hybridized carbons (Fsp3) is 0.714. The van der Waals surface area contributed by atoms with Gasteiger partial charge in [-0.2, -0.15) is 10.2 Å². The summed E-state index contributed by atoms with van der Waals surface area (Å²) in [6.45, 7) is 0.932. The number of aromatic nitrogens is 6. The van der Waals surface area contributed by atoms with Gasteiger partial charge in [0.2, 0.25) is 0 Å². The molecule has 26 heavy (non-hydrogen) atoms. The lowest BCUT2D eigenvalue weighted by atomic mass is 10.1. The van der Waals surface area contributed by atoms with E-state index in [0.29, 0.717) is 37.7 Å². The minimum absolute atomic E-state index is 0.363.